The maximum absolute atomic E-state index is 5.28. The molecule has 4 heteroatoms. The predicted octanol–water partition coefficient (Wildman–Crippen LogP) is 2.08. The van der Waals surface area contributed by atoms with Crippen LogP contribution < -0.4 is 10.1 Å². The van der Waals surface area contributed by atoms with Crippen molar-refractivity contribution in [1.29, 1.82) is 0 Å². The Morgan fingerprint density at radius 2 is 2.12 bits per heavy atom. The van der Waals surface area contributed by atoms with Gasteiger partial charge in [-0.1, -0.05) is 12.1 Å². The van der Waals surface area contributed by atoms with E-state index in [1.807, 2.05) is 48.3 Å². The molecule has 0 fully saturated rings. The van der Waals surface area contributed by atoms with Crippen LogP contribution in [0.4, 0.5) is 5.69 Å². The molecule has 0 amide bonds. The summed E-state index contributed by atoms with van der Waals surface area (Å²) in [5.74, 6) is 0.873. The van der Waals surface area contributed by atoms with Crippen LogP contribution in [-0.2, 0) is 13.5 Å². The SMILES string of the molecule is COc1ccccc1NCCc1ccnn1C. The van der Waals surface area contributed by atoms with Crippen molar-refractivity contribution >= 4 is 5.69 Å². The van der Waals surface area contributed by atoms with E-state index in [1.54, 1.807) is 7.11 Å². The van der Waals surface area contributed by atoms with Crippen LogP contribution in [-0.4, -0.2) is 23.4 Å². The summed E-state index contributed by atoms with van der Waals surface area (Å²) < 4.78 is 7.17. The Labute approximate surface area is 101 Å². The molecule has 0 unspecified atom stereocenters. The van der Waals surface area contributed by atoms with Crippen molar-refractivity contribution in [3.63, 3.8) is 0 Å². The van der Waals surface area contributed by atoms with E-state index in [0.717, 1.165) is 24.4 Å². The second-order valence-corrected chi connectivity index (χ2v) is 3.82. The molecule has 0 spiro atoms. The fourth-order valence-corrected chi connectivity index (χ4v) is 1.76. The molecule has 0 aliphatic heterocycles. The standard InChI is InChI=1S/C13H17N3O/c1-16-11(8-10-15-16)7-9-14-12-5-3-4-6-13(12)17-2/h3-6,8,10,14H,7,9H2,1-2H3. The van der Waals surface area contributed by atoms with Crippen LogP contribution >= 0.6 is 0 Å². The van der Waals surface area contributed by atoms with Gasteiger partial charge >= 0.3 is 0 Å². The molecule has 0 radical (unpaired) electrons. The van der Waals surface area contributed by atoms with Crippen molar-refractivity contribution in [1.82, 2.24) is 9.78 Å². The number of rotatable bonds is 5. The highest BCUT2D eigenvalue weighted by molar-refractivity contribution is 5.56. The molecule has 17 heavy (non-hydrogen) atoms. The van der Waals surface area contributed by atoms with Gasteiger partial charge in [0, 0.05) is 31.9 Å². The van der Waals surface area contributed by atoms with Crippen LogP contribution in [0.3, 0.4) is 0 Å². The molecule has 0 aliphatic carbocycles. The predicted molar refractivity (Wildman–Crippen MR) is 68.4 cm³/mol. The molecular formula is C13H17N3O. The van der Waals surface area contributed by atoms with E-state index in [4.69, 9.17) is 4.74 Å². The zero-order chi connectivity index (χ0) is 12.1. The van der Waals surface area contributed by atoms with Gasteiger partial charge in [0.25, 0.3) is 0 Å². The van der Waals surface area contributed by atoms with Crippen molar-refractivity contribution in [2.24, 2.45) is 7.05 Å². The van der Waals surface area contributed by atoms with E-state index in [0.29, 0.717) is 0 Å². The van der Waals surface area contributed by atoms with Gasteiger partial charge in [-0.3, -0.25) is 4.68 Å². The first-order valence-electron chi connectivity index (χ1n) is 5.65. The van der Waals surface area contributed by atoms with Crippen molar-refractivity contribution < 1.29 is 4.74 Å². The van der Waals surface area contributed by atoms with Crippen LogP contribution in [0.15, 0.2) is 36.5 Å². The average Bonchev–Trinajstić information content (AvgIpc) is 2.76. The lowest BCUT2D eigenvalue weighted by Gasteiger charge is -2.10. The maximum Gasteiger partial charge on any atom is 0.141 e. The summed E-state index contributed by atoms with van der Waals surface area (Å²) in [7, 11) is 3.64. The summed E-state index contributed by atoms with van der Waals surface area (Å²) in [6.45, 7) is 0.861. The first-order valence-corrected chi connectivity index (χ1v) is 5.65. The molecule has 1 aromatic heterocycles. The molecule has 0 saturated heterocycles. The van der Waals surface area contributed by atoms with Crippen LogP contribution in [0.1, 0.15) is 5.69 Å². The van der Waals surface area contributed by atoms with E-state index in [-0.39, 0.29) is 0 Å². The third-order valence-electron chi connectivity index (χ3n) is 2.73. The quantitative estimate of drug-likeness (QED) is 0.856. The van der Waals surface area contributed by atoms with Crippen molar-refractivity contribution in [2.75, 3.05) is 19.0 Å². The summed E-state index contributed by atoms with van der Waals surface area (Å²) in [6, 6.07) is 9.96. The lowest BCUT2D eigenvalue weighted by atomic mass is 10.2. The molecule has 2 rings (SSSR count). The molecule has 4 nitrogen and oxygen atoms in total. The zero-order valence-corrected chi connectivity index (χ0v) is 10.2. The number of nitrogens with zero attached hydrogens (tertiary/aromatic N) is 2. The Balaban J connectivity index is 1.92. The van der Waals surface area contributed by atoms with E-state index in [1.165, 1.54) is 5.69 Å². The summed E-state index contributed by atoms with van der Waals surface area (Å²) >= 11 is 0. The molecular weight excluding hydrogens is 214 g/mol. The fourth-order valence-electron chi connectivity index (χ4n) is 1.76. The van der Waals surface area contributed by atoms with E-state index >= 15 is 0 Å². The summed E-state index contributed by atoms with van der Waals surface area (Å²) in [5, 5.41) is 7.50. The first kappa shape index (κ1) is 11.5. The van der Waals surface area contributed by atoms with Gasteiger partial charge in [0.1, 0.15) is 5.75 Å². The minimum Gasteiger partial charge on any atom is -0.495 e. The summed E-state index contributed by atoms with van der Waals surface area (Å²) in [6.07, 6.45) is 2.76. The second kappa shape index (κ2) is 5.39. The maximum atomic E-state index is 5.28. The molecule has 0 aliphatic rings. The number of para-hydroxylation sites is 2. The molecule has 2 aromatic rings. The minimum atomic E-state index is 0.861. The largest absolute Gasteiger partial charge is 0.495 e. The van der Waals surface area contributed by atoms with Crippen LogP contribution in [0, 0.1) is 0 Å². The Morgan fingerprint density at radius 1 is 1.29 bits per heavy atom. The van der Waals surface area contributed by atoms with Gasteiger partial charge in [-0.05, 0) is 18.2 Å². The Hall–Kier alpha value is -1.97. The molecule has 1 N–H and O–H groups in total. The van der Waals surface area contributed by atoms with E-state index < -0.39 is 0 Å². The number of nitrogens with one attached hydrogen (secondary N) is 1. The zero-order valence-electron chi connectivity index (χ0n) is 10.2. The third kappa shape index (κ3) is 2.78. The number of hydrogen-bond donors (Lipinski definition) is 1. The number of aromatic nitrogens is 2. The van der Waals surface area contributed by atoms with Gasteiger partial charge in [0.15, 0.2) is 0 Å². The lowest BCUT2D eigenvalue weighted by molar-refractivity contribution is 0.416. The van der Waals surface area contributed by atoms with Gasteiger partial charge in [-0.25, -0.2) is 0 Å². The van der Waals surface area contributed by atoms with Gasteiger partial charge in [0.2, 0.25) is 0 Å². The number of methoxy groups -OCH3 is 1. The lowest BCUT2D eigenvalue weighted by Crippen LogP contribution is -2.08. The summed E-state index contributed by atoms with van der Waals surface area (Å²) in [4.78, 5) is 0. The Bertz CT molecular complexity index is 479. The monoisotopic (exact) mass is 231 g/mol. The third-order valence-corrected chi connectivity index (χ3v) is 2.73. The smallest absolute Gasteiger partial charge is 0.141 e. The molecule has 0 atom stereocenters. The average molecular weight is 231 g/mol. The van der Waals surface area contributed by atoms with Crippen molar-refractivity contribution in [3.05, 3.63) is 42.2 Å². The number of anilines is 1. The highest BCUT2D eigenvalue weighted by Crippen LogP contribution is 2.22. The van der Waals surface area contributed by atoms with E-state index in [9.17, 15) is 0 Å². The van der Waals surface area contributed by atoms with Gasteiger partial charge in [-0.15, -0.1) is 0 Å². The van der Waals surface area contributed by atoms with Gasteiger partial charge in [-0.2, -0.15) is 5.10 Å². The summed E-state index contributed by atoms with van der Waals surface area (Å²) in [5.41, 5.74) is 2.24. The van der Waals surface area contributed by atoms with Gasteiger partial charge < -0.3 is 10.1 Å². The topological polar surface area (TPSA) is 39.1 Å². The molecule has 0 bridgehead atoms. The molecule has 1 heterocycles. The Kier molecular flexibility index (Phi) is 3.65. The van der Waals surface area contributed by atoms with Crippen LogP contribution in [0.25, 0.3) is 0 Å². The number of ether oxygens (including phenoxy) is 1. The Morgan fingerprint density at radius 3 is 2.82 bits per heavy atom. The normalized spacial score (nSPS) is 10.2. The van der Waals surface area contributed by atoms with Crippen molar-refractivity contribution in [2.45, 2.75) is 6.42 Å². The van der Waals surface area contributed by atoms with Crippen LogP contribution in [0.5, 0.6) is 5.75 Å². The number of benzene rings is 1. The highest BCUT2D eigenvalue weighted by atomic mass is 16.5. The van der Waals surface area contributed by atoms with Crippen LogP contribution in [0.2, 0.25) is 0 Å². The minimum absolute atomic E-state index is 0.861. The second-order valence-electron chi connectivity index (χ2n) is 3.82. The first-order chi connectivity index (χ1) is 8.31. The number of aryl methyl sites for hydroxylation is 1. The fraction of sp³-hybridized carbons (Fsp3) is 0.308. The number of hydrogen-bond acceptors (Lipinski definition) is 3. The molecule has 1 aromatic carbocycles. The van der Waals surface area contributed by atoms with E-state index in [2.05, 4.69) is 10.4 Å². The molecule has 90 valence electrons. The molecule has 0 saturated carbocycles. The van der Waals surface area contributed by atoms with Gasteiger partial charge in [0.05, 0.1) is 12.8 Å². The highest BCUT2D eigenvalue weighted by Gasteiger charge is 2.01. The van der Waals surface area contributed by atoms with Crippen molar-refractivity contribution in [3.8, 4) is 5.75 Å².